The molecule has 6 nitrogen and oxygen atoms in total. The summed E-state index contributed by atoms with van der Waals surface area (Å²) in [7, 11) is 1.76. The fourth-order valence-electron chi connectivity index (χ4n) is 4.16. The predicted octanol–water partition coefficient (Wildman–Crippen LogP) is 3.36. The molecule has 2 N–H and O–H groups in total. The number of aliphatic hydroxyl groups is 1. The maximum absolute atomic E-state index is 13.0. The Bertz CT molecular complexity index is 839. The molecule has 0 radical (unpaired) electrons. The summed E-state index contributed by atoms with van der Waals surface area (Å²) in [5.41, 5.74) is -1.51. The highest BCUT2D eigenvalue weighted by Crippen LogP contribution is 2.46. The zero-order chi connectivity index (χ0) is 20.7. The van der Waals surface area contributed by atoms with Crippen molar-refractivity contribution in [2.45, 2.75) is 57.0 Å². The number of phenols is 1. The molecular weight excluding hydrogens is 373 g/mol. The number of rotatable bonds is 4. The van der Waals surface area contributed by atoms with Gasteiger partial charge in [-0.3, -0.25) is 9.58 Å². The van der Waals surface area contributed by atoms with Crippen LogP contribution in [0.2, 0.25) is 0 Å². The quantitative estimate of drug-likeness (QED) is 0.826. The molecule has 154 valence electrons. The molecule has 1 fully saturated rings. The third kappa shape index (κ3) is 3.86. The van der Waals surface area contributed by atoms with E-state index in [1.165, 1.54) is 6.07 Å². The van der Waals surface area contributed by atoms with Gasteiger partial charge in [0, 0.05) is 25.7 Å². The second-order valence-electron chi connectivity index (χ2n) is 7.59. The van der Waals surface area contributed by atoms with Crippen LogP contribution >= 0.6 is 0 Å². The Morgan fingerprint density at radius 3 is 2.54 bits per heavy atom. The Balaban J connectivity index is 1.98. The minimum atomic E-state index is -4.65. The Labute approximate surface area is 161 Å². The van der Waals surface area contributed by atoms with Crippen molar-refractivity contribution in [1.29, 1.82) is 0 Å². The molecule has 2 aromatic rings. The van der Waals surface area contributed by atoms with Gasteiger partial charge >= 0.3 is 6.18 Å². The molecular formula is C19H25F3N4O2. The molecule has 1 aliphatic rings. The second-order valence-corrected chi connectivity index (χ2v) is 7.59. The number of aromatic hydroxyl groups is 1. The van der Waals surface area contributed by atoms with Crippen LogP contribution in [0.3, 0.4) is 0 Å². The molecule has 1 aromatic heterocycles. The summed E-state index contributed by atoms with van der Waals surface area (Å²) in [5, 5.41) is 29.4. The summed E-state index contributed by atoms with van der Waals surface area (Å²) in [4.78, 5) is 2.24. The van der Waals surface area contributed by atoms with Gasteiger partial charge in [0.15, 0.2) is 0 Å². The predicted molar refractivity (Wildman–Crippen MR) is 96.4 cm³/mol. The second kappa shape index (κ2) is 7.36. The lowest BCUT2D eigenvalue weighted by atomic mass is 9.76. The lowest BCUT2D eigenvalue weighted by molar-refractivity contribution is -0.138. The molecule has 3 atom stereocenters. The summed E-state index contributed by atoms with van der Waals surface area (Å²) in [6.45, 7) is 4.85. The molecule has 2 heterocycles. The fraction of sp³-hybridized carbons (Fsp3) is 0.579. The number of alkyl halides is 3. The van der Waals surface area contributed by atoms with Gasteiger partial charge in [-0.2, -0.15) is 13.2 Å². The number of phenolic OH excluding ortho intramolecular Hbond substituents is 1. The molecule has 1 aliphatic heterocycles. The minimum absolute atomic E-state index is 0.0323. The number of benzene rings is 1. The summed E-state index contributed by atoms with van der Waals surface area (Å²) >= 11 is 0. The van der Waals surface area contributed by atoms with Crippen molar-refractivity contribution in [1.82, 2.24) is 19.9 Å². The lowest BCUT2D eigenvalue weighted by Crippen LogP contribution is -2.49. The normalized spacial score (nSPS) is 26.5. The molecule has 0 amide bonds. The van der Waals surface area contributed by atoms with E-state index < -0.39 is 23.1 Å². The molecule has 1 aromatic carbocycles. The first-order chi connectivity index (χ1) is 13.0. The number of aromatic nitrogens is 3. The van der Waals surface area contributed by atoms with Crippen LogP contribution in [-0.2, 0) is 18.8 Å². The molecule has 0 aliphatic carbocycles. The Kier molecular flexibility index (Phi) is 5.42. The Morgan fingerprint density at radius 1 is 1.29 bits per heavy atom. The van der Waals surface area contributed by atoms with E-state index in [9.17, 15) is 23.4 Å². The largest absolute Gasteiger partial charge is 0.507 e. The van der Waals surface area contributed by atoms with Crippen LogP contribution in [0.1, 0.15) is 56.0 Å². The van der Waals surface area contributed by atoms with Crippen molar-refractivity contribution in [3.05, 3.63) is 41.2 Å². The Morgan fingerprint density at radius 2 is 2.00 bits per heavy atom. The van der Waals surface area contributed by atoms with E-state index in [4.69, 9.17) is 0 Å². The van der Waals surface area contributed by atoms with Gasteiger partial charge in [0.1, 0.15) is 5.75 Å². The van der Waals surface area contributed by atoms with Crippen molar-refractivity contribution in [3.8, 4) is 5.75 Å². The molecule has 3 rings (SSSR count). The van der Waals surface area contributed by atoms with E-state index in [1.807, 2.05) is 6.92 Å². The number of hydrogen-bond donors (Lipinski definition) is 2. The first-order valence-electron chi connectivity index (χ1n) is 9.30. The van der Waals surface area contributed by atoms with Crippen LogP contribution in [0, 0.1) is 0 Å². The number of nitrogens with zero attached hydrogens (tertiary/aromatic N) is 4. The average molecular weight is 398 g/mol. The van der Waals surface area contributed by atoms with E-state index in [-0.39, 0.29) is 24.1 Å². The number of halogens is 3. The van der Waals surface area contributed by atoms with Crippen LogP contribution in [0.25, 0.3) is 0 Å². The highest BCUT2D eigenvalue weighted by molar-refractivity contribution is 5.41. The lowest BCUT2D eigenvalue weighted by Gasteiger charge is -2.47. The average Bonchev–Trinajstić information content (AvgIpc) is 3.02. The topological polar surface area (TPSA) is 74.4 Å². The molecule has 0 unspecified atom stereocenters. The third-order valence-corrected chi connectivity index (χ3v) is 5.41. The zero-order valence-corrected chi connectivity index (χ0v) is 16.1. The monoisotopic (exact) mass is 398 g/mol. The van der Waals surface area contributed by atoms with Gasteiger partial charge in [-0.05, 0) is 44.0 Å². The van der Waals surface area contributed by atoms with E-state index in [2.05, 4.69) is 22.1 Å². The van der Waals surface area contributed by atoms with Gasteiger partial charge < -0.3 is 10.2 Å². The number of aryl methyl sites for hydroxylation is 1. The molecule has 0 saturated carbocycles. The van der Waals surface area contributed by atoms with Crippen molar-refractivity contribution >= 4 is 0 Å². The van der Waals surface area contributed by atoms with Gasteiger partial charge in [0.05, 0.1) is 22.9 Å². The smallest absolute Gasteiger partial charge is 0.419 e. The van der Waals surface area contributed by atoms with E-state index in [0.717, 1.165) is 25.1 Å². The molecule has 9 heteroatoms. The molecule has 0 spiro atoms. The Hall–Kier alpha value is -2.13. The van der Waals surface area contributed by atoms with Crippen LogP contribution in [-0.4, -0.2) is 42.7 Å². The summed E-state index contributed by atoms with van der Waals surface area (Å²) < 4.78 is 40.5. The first kappa shape index (κ1) is 20.6. The summed E-state index contributed by atoms with van der Waals surface area (Å²) in [6, 6.07) is 2.84. The van der Waals surface area contributed by atoms with Crippen molar-refractivity contribution in [2.75, 3.05) is 6.54 Å². The minimum Gasteiger partial charge on any atom is -0.507 e. The zero-order valence-electron chi connectivity index (χ0n) is 16.1. The number of hydrogen-bond acceptors (Lipinski definition) is 5. The van der Waals surface area contributed by atoms with Gasteiger partial charge in [0.2, 0.25) is 0 Å². The van der Waals surface area contributed by atoms with Crippen LogP contribution in [0.5, 0.6) is 5.75 Å². The van der Waals surface area contributed by atoms with Gasteiger partial charge in [0.25, 0.3) is 0 Å². The van der Waals surface area contributed by atoms with Crippen molar-refractivity contribution in [3.63, 3.8) is 0 Å². The number of likely N-dealkylation sites (tertiary alicyclic amines) is 1. The van der Waals surface area contributed by atoms with Crippen molar-refractivity contribution < 1.29 is 23.4 Å². The molecule has 28 heavy (non-hydrogen) atoms. The fourth-order valence-corrected chi connectivity index (χ4v) is 4.16. The van der Waals surface area contributed by atoms with Crippen molar-refractivity contribution in [2.24, 2.45) is 7.05 Å². The van der Waals surface area contributed by atoms with Crippen LogP contribution in [0.4, 0.5) is 13.2 Å². The SMILES string of the molecule is CCCN1[C@@H](C)C[C@@](O)(c2ccc(C(F)(F)F)c(O)c2)C[C@H]1c1cn(C)nn1. The summed E-state index contributed by atoms with van der Waals surface area (Å²) in [5.74, 6) is -0.877. The van der Waals surface area contributed by atoms with Gasteiger partial charge in [-0.15, -0.1) is 5.10 Å². The number of piperidine rings is 1. The molecule has 0 bridgehead atoms. The van der Waals surface area contributed by atoms with E-state index in [0.29, 0.717) is 12.1 Å². The maximum Gasteiger partial charge on any atom is 0.419 e. The van der Waals surface area contributed by atoms with Crippen LogP contribution in [0.15, 0.2) is 24.4 Å². The maximum atomic E-state index is 13.0. The molecule has 1 saturated heterocycles. The summed E-state index contributed by atoms with van der Waals surface area (Å²) in [6.07, 6.45) is -1.35. The first-order valence-corrected chi connectivity index (χ1v) is 9.30. The van der Waals surface area contributed by atoms with Crippen LogP contribution < -0.4 is 0 Å². The van der Waals surface area contributed by atoms with E-state index in [1.54, 1.807) is 17.9 Å². The van der Waals surface area contributed by atoms with Gasteiger partial charge in [-0.25, -0.2) is 0 Å². The van der Waals surface area contributed by atoms with Gasteiger partial charge in [-0.1, -0.05) is 18.2 Å². The van der Waals surface area contributed by atoms with E-state index >= 15 is 0 Å². The standard InChI is InChI=1S/C19H25F3N4O2/c1-4-7-26-12(2)9-18(28,10-16(26)15-11-25(3)24-23-15)13-5-6-14(17(27)8-13)19(20,21)22/h5-6,8,11-12,16,27-28H,4,7,9-10H2,1-3H3/t12-,16-,18-/m0/s1. The highest BCUT2D eigenvalue weighted by Gasteiger charge is 2.45. The highest BCUT2D eigenvalue weighted by atomic mass is 19.4. The third-order valence-electron chi connectivity index (χ3n) is 5.41.